The molecule has 1 amide bonds. The van der Waals surface area contributed by atoms with Crippen LogP contribution in [0.5, 0.6) is 5.75 Å². The Balaban J connectivity index is 1.81. The van der Waals surface area contributed by atoms with E-state index in [0.717, 1.165) is 11.3 Å². The van der Waals surface area contributed by atoms with Crippen LogP contribution in [0.3, 0.4) is 0 Å². The van der Waals surface area contributed by atoms with Gasteiger partial charge < -0.3 is 19.1 Å². The minimum Gasteiger partial charge on any atom is -0.494 e. The van der Waals surface area contributed by atoms with Crippen molar-refractivity contribution >= 4 is 34.8 Å². The summed E-state index contributed by atoms with van der Waals surface area (Å²) >= 11 is 12.7. The van der Waals surface area contributed by atoms with Crippen molar-refractivity contribution in [1.29, 1.82) is 0 Å². The Kier molecular flexibility index (Phi) is 4.57. The molecule has 1 spiro atoms. The van der Waals surface area contributed by atoms with Crippen molar-refractivity contribution in [2.75, 3.05) is 24.7 Å². The minimum absolute atomic E-state index is 0.274. The second-order valence-electron chi connectivity index (χ2n) is 6.00. The highest BCUT2D eigenvalue weighted by atomic mass is 35.5. The van der Waals surface area contributed by atoms with E-state index >= 15 is 0 Å². The molecule has 0 saturated carbocycles. The lowest BCUT2D eigenvalue weighted by molar-refractivity contribution is -0.180. The zero-order valence-electron chi connectivity index (χ0n) is 14.1. The molecule has 0 N–H and O–H groups in total. The lowest BCUT2D eigenvalue weighted by Gasteiger charge is -2.23. The van der Waals surface area contributed by atoms with Crippen molar-refractivity contribution in [3.05, 3.63) is 57.6 Å². The normalized spacial score (nSPS) is 17.8. The predicted octanol–water partition coefficient (Wildman–Crippen LogP) is 4.14. The number of nitrogens with zero attached hydrogens (tertiary/aromatic N) is 1. The summed E-state index contributed by atoms with van der Waals surface area (Å²) < 4.78 is 17.2. The van der Waals surface area contributed by atoms with E-state index in [1.807, 2.05) is 31.2 Å². The first-order valence-corrected chi connectivity index (χ1v) is 9.13. The first kappa shape index (κ1) is 17.6. The van der Waals surface area contributed by atoms with E-state index in [9.17, 15) is 4.79 Å². The maximum absolute atomic E-state index is 13.3. The van der Waals surface area contributed by atoms with Crippen LogP contribution in [0.4, 0.5) is 5.69 Å². The largest absolute Gasteiger partial charge is 0.494 e. The molecule has 26 heavy (non-hydrogen) atoms. The molecule has 0 aliphatic carbocycles. The fraction of sp³-hybridized carbons (Fsp3) is 0.316. The summed E-state index contributed by atoms with van der Waals surface area (Å²) in [6, 6.07) is 11.0. The summed E-state index contributed by atoms with van der Waals surface area (Å²) in [4.78, 5) is 14.8. The molecule has 0 atom stereocenters. The topological polar surface area (TPSA) is 48.0 Å². The summed E-state index contributed by atoms with van der Waals surface area (Å²) in [7, 11) is 0. The van der Waals surface area contributed by atoms with Gasteiger partial charge in [-0.3, -0.25) is 4.79 Å². The Hall–Kier alpha value is -1.79. The number of benzene rings is 2. The number of carbonyl (C=O) groups excluding carboxylic acids is 1. The fourth-order valence-electron chi connectivity index (χ4n) is 3.41. The van der Waals surface area contributed by atoms with Gasteiger partial charge in [0, 0.05) is 11.1 Å². The fourth-order valence-corrected chi connectivity index (χ4v) is 3.83. The number of anilines is 1. The molecule has 2 aliphatic heterocycles. The van der Waals surface area contributed by atoms with Gasteiger partial charge in [0.05, 0.1) is 42.1 Å². The van der Waals surface area contributed by atoms with Gasteiger partial charge in [0.1, 0.15) is 5.75 Å². The summed E-state index contributed by atoms with van der Waals surface area (Å²) in [5.41, 5.74) is 1.97. The molecule has 0 bridgehead atoms. The number of fused-ring (bicyclic) bond motifs is 2. The van der Waals surface area contributed by atoms with Gasteiger partial charge in [0.2, 0.25) is 0 Å². The molecule has 2 heterocycles. The van der Waals surface area contributed by atoms with Gasteiger partial charge in [-0.25, -0.2) is 0 Å². The zero-order chi connectivity index (χ0) is 18.3. The van der Waals surface area contributed by atoms with Gasteiger partial charge in [0.25, 0.3) is 11.7 Å². The number of ether oxygens (including phenoxy) is 3. The molecule has 0 radical (unpaired) electrons. The summed E-state index contributed by atoms with van der Waals surface area (Å²) in [6.07, 6.45) is 0. The number of hydrogen-bond donors (Lipinski definition) is 0. The average Bonchev–Trinajstić information content (AvgIpc) is 3.21. The van der Waals surface area contributed by atoms with E-state index < -0.39 is 5.79 Å². The smallest absolute Gasteiger partial charge is 0.292 e. The van der Waals surface area contributed by atoms with Gasteiger partial charge >= 0.3 is 0 Å². The van der Waals surface area contributed by atoms with E-state index in [4.69, 9.17) is 37.4 Å². The van der Waals surface area contributed by atoms with Crippen molar-refractivity contribution < 1.29 is 19.0 Å². The molecule has 7 heteroatoms. The van der Waals surface area contributed by atoms with Crippen LogP contribution in [0.1, 0.15) is 18.1 Å². The van der Waals surface area contributed by atoms with E-state index in [1.165, 1.54) is 0 Å². The van der Waals surface area contributed by atoms with Crippen LogP contribution in [-0.2, 0) is 26.6 Å². The molecule has 5 nitrogen and oxygen atoms in total. The van der Waals surface area contributed by atoms with E-state index in [1.54, 1.807) is 17.0 Å². The second-order valence-corrected chi connectivity index (χ2v) is 6.79. The van der Waals surface area contributed by atoms with Crippen LogP contribution in [-0.4, -0.2) is 25.7 Å². The molecule has 1 saturated heterocycles. The van der Waals surface area contributed by atoms with Crippen molar-refractivity contribution in [2.45, 2.75) is 19.3 Å². The third-order valence-electron chi connectivity index (χ3n) is 4.52. The molecule has 2 aromatic carbocycles. The van der Waals surface area contributed by atoms with Gasteiger partial charge in [-0.05, 0) is 25.1 Å². The van der Waals surface area contributed by atoms with Crippen LogP contribution < -0.4 is 9.64 Å². The lowest BCUT2D eigenvalue weighted by Crippen LogP contribution is -2.41. The maximum atomic E-state index is 13.3. The van der Waals surface area contributed by atoms with Gasteiger partial charge in [-0.15, -0.1) is 0 Å². The Bertz CT molecular complexity index is 865. The van der Waals surface area contributed by atoms with Crippen molar-refractivity contribution in [3.8, 4) is 5.75 Å². The highest BCUT2D eigenvalue weighted by Crippen LogP contribution is 2.51. The second kappa shape index (κ2) is 6.74. The Morgan fingerprint density at radius 3 is 2.62 bits per heavy atom. The number of amides is 1. The van der Waals surface area contributed by atoms with Gasteiger partial charge in [-0.2, -0.15) is 0 Å². The molecule has 1 fully saturated rings. The molecule has 0 unspecified atom stereocenters. The van der Waals surface area contributed by atoms with Crippen LogP contribution in [0.25, 0.3) is 0 Å². The van der Waals surface area contributed by atoms with Crippen LogP contribution in [0.2, 0.25) is 10.0 Å². The maximum Gasteiger partial charge on any atom is 0.292 e. The van der Waals surface area contributed by atoms with E-state index in [0.29, 0.717) is 41.1 Å². The molecule has 136 valence electrons. The van der Waals surface area contributed by atoms with Crippen LogP contribution in [0, 0.1) is 0 Å². The number of hydrogen-bond acceptors (Lipinski definition) is 4. The van der Waals surface area contributed by atoms with E-state index in [-0.39, 0.29) is 12.5 Å². The number of rotatable bonds is 4. The van der Waals surface area contributed by atoms with Gasteiger partial charge in [-0.1, -0.05) is 41.4 Å². The third-order valence-corrected chi connectivity index (χ3v) is 5.31. The quantitative estimate of drug-likeness (QED) is 0.782. The van der Waals surface area contributed by atoms with Crippen molar-refractivity contribution in [2.24, 2.45) is 0 Å². The molecular formula is C19H17Cl2NO4. The number of carbonyl (C=O) groups is 1. The highest BCUT2D eigenvalue weighted by molar-refractivity contribution is 6.44. The Morgan fingerprint density at radius 2 is 1.88 bits per heavy atom. The van der Waals surface area contributed by atoms with Crippen LogP contribution >= 0.6 is 23.2 Å². The van der Waals surface area contributed by atoms with Crippen molar-refractivity contribution in [1.82, 2.24) is 0 Å². The zero-order valence-corrected chi connectivity index (χ0v) is 15.6. The third kappa shape index (κ3) is 2.58. The summed E-state index contributed by atoms with van der Waals surface area (Å²) in [5.74, 6) is -1.03. The Labute approximate surface area is 161 Å². The Morgan fingerprint density at radius 1 is 1.15 bits per heavy atom. The summed E-state index contributed by atoms with van der Waals surface area (Å²) in [6.45, 7) is 3.41. The highest BCUT2D eigenvalue weighted by Gasteiger charge is 2.57. The first-order valence-electron chi connectivity index (χ1n) is 8.37. The molecule has 0 aromatic heterocycles. The predicted molar refractivity (Wildman–Crippen MR) is 98.8 cm³/mol. The summed E-state index contributed by atoms with van der Waals surface area (Å²) in [5, 5.41) is 0.679. The monoisotopic (exact) mass is 393 g/mol. The SMILES string of the molecule is CCOc1ccccc1CN1C(=O)C2(OCCO2)c2ccc(Cl)c(Cl)c21. The van der Waals surface area contributed by atoms with Crippen molar-refractivity contribution in [3.63, 3.8) is 0 Å². The van der Waals surface area contributed by atoms with E-state index in [2.05, 4.69) is 0 Å². The molecule has 2 aliphatic rings. The standard InChI is InChI=1S/C19H17Cl2NO4/c1-2-24-15-6-4-3-5-12(15)11-22-17-13(7-8-14(20)16(17)21)19(18(22)23)25-9-10-26-19/h3-8H,2,9-11H2,1H3. The molecule has 4 rings (SSSR count). The first-order chi connectivity index (χ1) is 12.6. The van der Waals surface area contributed by atoms with Crippen LogP contribution in [0.15, 0.2) is 36.4 Å². The lowest BCUT2D eigenvalue weighted by atomic mass is 10.1. The average molecular weight is 394 g/mol. The number of para-hydroxylation sites is 1. The molecule has 2 aromatic rings. The molecular weight excluding hydrogens is 377 g/mol. The van der Waals surface area contributed by atoms with Gasteiger partial charge in [0.15, 0.2) is 0 Å². The minimum atomic E-state index is -1.44. The number of halogens is 2.